The molecular formula is C15H20FNO2. The molecule has 3 nitrogen and oxygen atoms in total. The van der Waals surface area contributed by atoms with E-state index in [9.17, 15) is 4.39 Å². The highest BCUT2D eigenvalue weighted by Gasteiger charge is 2.51. The first-order valence-electron chi connectivity index (χ1n) is 6.85. The maximum atomic E-state index is 13.8. The van der Waals surface area contributed by atoms with E-state index in [4.69, 9.17) is 15.2 Å². The van der Waals surface area contributed by atoms with Crippen LogP contribution in [0, 0.1) is 11.2 Å². The average Bonchev–Trinajstić information content (AvgIpc) is 3.00. The molecule has 0 spiro atoms. The van der Waals surface area contributed by atoms with Crippen LogP contribution in [0.5, 0.6) is 5.75 Å². The Kier molecular flexibility index (Phi) is 3.23. The molecule has 3 rings (SSSR count). The average molecular weight is 265 g/mol. The highest BCUT2D eigenvalue weighted by Crippen LogP contribution is 2.49. The molecule has 2 saturated heterocycles. The highest BCUT2D eigenvalue weighted by atomic mass is 19.1. The van der Waals surface area contributed by atoms with Crippen molar-refractivity contribution in [1.29, 1.82) is 0 Å². The second kappa shape index (κ2) is 4.76. The second-order valence-corrected chi connectivity index (χ2v) is 5.74. The zero-order valence-corrected chi connectivity index (χ0v) is 11.2. The summed E-state index contributed by atoms with van der Waals surface area (Å²) in [6, 6.07) is 5.16. The lowest BCUT2D eigenvalue weighted by Crippen LogP contribution is -2.41. The second-order valence-electron chi connectivity index (χ2n) is 5.74. The third-order valence-corrected chi connectivity index (χ3v) is 4.60. The number of halogens is 1. The lowest BCUT2D eigenvalue weighted by molar-refractivity contribution is 0.0636. The third kappa shape index (κ3) is 2.13. The van der Waals surface area contributed by atoms with E-state index >= 15 is 0 Å². The van der Waals surface area contributed by atoms with Crippen molar-refractivity contribution in [3.63, 3.8) is 0 Å². The molecule has 2 bridgehead atoms. The monoisotopic (exact) mass is 265 g/mol. The van der Waals surface area contributed by atoms with Crippen LogP contribution in [0.25, 0.3) is 0 Å². The van der Waals surface area contributed by atoms with Gasteiger partial charge in [0.15, 0.2) is 11.6 Å². The molecule has 0 aliphatic carbocycles. The standard InChI is InChI=1S/C15H20FNO2/c1-18-13-4-2-10(6-12(13)16)7-15(9-17)8-11-3-5-14(15)19-11/h2,4,6,11,14H,3,5,7-9,17H2,1H3. The SMILES string of the molecule is COc1ccc(CC2(CN)CC3CCC2O3)cc1F. The fourth-order valence-corrected chi connectivity index (χ4v) is 3.59. The van der Waals surface area contributed by atoms with Crippen molar-refractivity contribution in [3.8, 4) is 5.75 Å². The Bertz CT molecular complexity index is 479. The van der Waals surface area contributed by atoms with Gasteiger partial charge in [0, 0.05) is 12.0 Å². The summed E-state index contributed by atoms with van der Waals surface area (Å²) in [5, 5.41) is 0. The number of fused-ring (bicyclic) bond motifs is 2. The molecule has 1 aromatic carbocycles. The van der Waals surface area contributed by atoms with Gasteiger partial charge in [-0.25, -0.2) is 4.39 Å². The van der Waals surface area contributed by atoms with Gasteiger partial charge in [-0.3, -0.25) is 0 Å². The fraction of sp³-hybridized carbons (Fsp3) is 0.600. The highest BCUT2D eigenvalue weighted by molar-refractivity contribution is 5.30. The number of rotatable bonds is 4. The summed E-state index contributed by atoms with van der Waals surface area (Å²) in [6.45, 7) is 0.599. The van der Waals surface area contributed by atoms with Gasteiger partial charge in [-0.2, -0.15) is 0 Å². The molecule has 2 heterocycles. The Morgan fingerprint density at radius 2 is 2.32 bits per heavy atom. The van der Waals surface area contributed by atoms with Crippen molar-refractivity contribution >= 4 is 0 Å². The smallest absolute Gasteiger partial charge is 0.165 e. The Labute approximate surface area is 112 Å². The molecule has 0 saturated carbocycles. The first-order chi connectivity index (χ1) is 9.16. The van der Waals surface area contributed by atoms with Gasteiger partial charge >= 0.3 is 0 Å². The van der Waals surface area contributed by atoms with Crippen LogP contribution in [-0.2, 0) is 11.2 Å². The van der Waals surface area contributed by atoms with Crippen molar-refractivity contribution in [1.82, 2.24) is 0 Å². The molecule has 1 aromatic rings. The van der Waals surface area contributed by atoms with Crippen LogP contribution in [0.4, 0.5) is 4.39 Å². The van der Waals surface area contributed by atoms with Crippen molar-refractivity contribution in [2.24, 2.45) is 11.1 Å². The predicted molar refractivity (Wildman–Crippen MR) is 70.7 cm³/mol. The molecule has 0 amide bonds. The summed E-state index contributed by atoms with van der Waals surface area (Å²) in [4.78, 5) is 0. The van der Waals surface area contributed by atoms with Gasteiger partial charge in [-0.05, 0) is 43.4 Å². The van der Waals surface area contributed by atoms with Gasteiger partial charge in [0.1, 0.15) is 0 Å². The van der Waals surface area contributed by atoms with E-state index in [1.54, 1.807) is 12.1 Å². The Morgan fingerprint density at radius 3 is 2.84 bits per heavy atom. The van der Waals surface area contributed by atoms with E-state index in [0.29, 0.717) is 12.6 Å². The number of hydrogen-bond donors (Lipinski definition) is 1. The van der Waals surface area contributed by atoms with Gasteiger partial charge in [-0.1, -0.05) is 6.07 Å². The minimum atomic E-state index is -0.309. The lowest BCUT2D eigenvalue weighted by Gasteiger charge is -2.34. The first kappa shape index (κ1) is 12.9. The normalized spacial score (nSPS) is 32.8. The maximum absolute atomic E-state index is 13.8. The van der Waals surface area contributed by atoms with Gasteiger partial charge in [0.25, 0.3) is 0 Å². The van der Waals surface area contributed by atoms with Gasteiger partial charge in [0.05, 0.1) is 19.3 Å². The van der Waals surface area contributed by atoms with Crippen molar-refractivity contribution in [2.45, 2.75) is 37.9 Å². The zero-order valence-electron chi connectivity index (χ0n) is 11.2. The summed E-state index contributed by atoms with van der Waals surface area (Å²) in [6.07, 6.45) is 4.61. The van der Waals surface area contributed by atoms with E-state index in [1.807, 2.05) is 6.07 Å². The molecule has 3 unspecified atom stereocenters. The molecule has 19 heavy (non-hydrogen) atoms. The molecule has 2 aliphatic heterocycles. The topological polar surface area (TPSA) is 44.5 Å². The van der Waals surface area contributed by atoms with Crippen LogP contribution in [0.1, 0.15) is 24.8 Å². The molecule has 0 radical (unpaired) electrons. The Morgan fingerprint density at radius 1 is 1.47 bits per heavy atom. The maximum Gasteiger partial charge on any atom is 0.165 e. The molecule has 3 atom stereocenters. The van der Waals surface area contributed by atoms with E-state index < -0.39 is 0 Å². The van der Waals surface area contributed by atoms with Gasteiger partial charge < -0.3 is 15.2 Å². The van der Waals surface area contributed by atoms with Crippen LogP contribution in [0.3, 0.4) is 0 Å². The van der Waals surface area contributed by atoms with E-state index in [2.05, 4.69) is 0 Å². The van der Waals surface area contributed by atoms with Crippen LogP contribution in [0.2, 0.25) is 0 Å². The summed E-state index contributed by atoms with van der Waals surface area (Å²) >= 11 is 0. The minimum Gasteiger partial charge on any atom is -0.494 e. The molecule has 2 aliphatic rings. The lowest BCUT2D eigenvalue weighted by atomic mass is 9.70. The molecular weight excluding hydrogens is 245 g/mol. The number of hydrogen-bond acceptors (Lipinski definition) is 3. The zero-order chi connectivity index (χ0) is 13.5. The Hall–Kier alpha value is -1.13. The van der Waals surface area contributed by atoms with E-state index in [1.165, 1.54) is 7.11 Å². The molecule has 2 N–H and O–H groups in total. The van der Waals surface area contributed by atoms with Crippen molar-refractivity contribution in [3.05, 3.63) is 29.6 Å². The number of methoxy groups -OCH3 is 1. The minimum absolute atomic E-state index is 0.00998. The quantitative estimate of drug-likeness (QED) is 0.908. The van der Waals surface area contributed by atoms with E-state index in [-0.39, 0.29) is 23.1 Å². The summed E-state index contributed by atoms with van der Waals surface area (Å²) in [5.74, 6) is -0.0222. The molecule has 4 heteroatoms. The van der Waals surface area contributed by atoms with E-state index in [0.717, 1.165) is 31.2 Å². The summed E-state index contributed by atoms with van der Waals surface area (Å²) in [7, 11) is 1.48. The van der Waals surface area contributed by atoms with Crippen molar-refractivity contribution < 1.29 is 13.9 Å². The molecule has 104 valence electrons. The Balaban J connectivity index is 1.82. The third-order valence-electron chi connectivity index (χ3n) is 4.60. The molecule has 0 aromatic heterocycles. The van der Waals surface area contributed by atoms with Gasteiger partial charge in [0.2, 0.25) is 0 Å². The number of ether oxygens (including phenoxy) is 2. The van der Waals surface area contributed by atoms with Crippen LogP contribution < -0.4 is 10.5 Å². The largest absolute Gasteiger partial charge is 0.494 e. The van der Waals surface area contributed by atoms with Crippen LogP contribution >= 0.6 is 0 Å². The summed E-state index contributed by atoms with van der Waals surface area (Å²) < 4.78 is 24.6. The van der Waals surface area contributed by atoms with Crippen LogP contribution in [-0.4, -0.2) is 25.9 Å². The molecule has 2 fully saturated rings. The predicted octanol–water partition coefficient (Wildman–Crippen LogP) is 2.27. The number of nitrogens with two attached hydrogens (primary N) is 1. The van der Waals surface area contributed by atoms with Crippen LogP contribution in [0.15, 0.2) is 18.2 Å². The van der Waals surface area contributed by atoms with Crippen molar-refractivity contribution in [2.75, 3.05) is 13.7 Å². The first-order valence-corrected chi connectivity index (χ1v) is 6.85. The van der Waals surface area contributed by atoms with Gasteiger partial charge in [-0.15, -0.1) is 0 Å². The number of benzene rings is 1. The summed E-state index contributed by atoms with van der Waals surface area (Å²) in [5.41, 5.74) is 6.96. The fourth-order valence-electron chi connectivity index (χ4n) is 3.59.